The summed E-state index contributed by atoms with van der Waals surface area (Å²) in [6, 6.07) is 5.86. The van der Waals surface area contributed by atoms with Gasteiger partial charge in [-0.15, -0.1) is 0 Å². The van der Waals surface area contributed by atoms with Crippen LogP contribution >= 0.6 is 0 Å². The van der Waals surface area contributed by atoms with Gasteiger partial charge in [-0.3, -0.25) is 4.79 Å². The van der Waals surface area contributed by atoms with Crippen molar-refractivity contribution in [2.24, 2.45) is 0 Å². The summed E-state index contributed by atoms with van der Waals surface area (Å²) in [4.78, 5) is 11.7. The fourth-order valence-corrected chi connectivity index (χ4v) is 1.61. The minimum absolute atomic E-state index is 0.0867. The van der Waals surface area contributed by atoms with Crippen molar-refractivity contribution in [3.8, 4) is 5.75 Å². The third-order valence-corrected chi connectivity index (χ3v) is 3.01. The van der Waals surface area contributed by atoms with Crippen LogP contribution in [0.3, 0.4) is 0 Å². The Balaban J connectivity index is 2.42. The standard InChI is InChI=1S/C15H23NO3/c1-11-6-5-7-13(12(11)2)19-9-8-14(18)16-15(3,4)10-17/h5-7,17H,8-10H2,1-4H3,(H,16,18). The number of aliphatic hydroxyl groups excluding tert-OH is 1. The molecule has 1 amide bonds. The molecule has 0 heterocycles. The van der Waals surface area contributed by atoms with E-state index < -0.39 is 5.54 Å². The van der Waals surface area contributed by atoms with E-state index in [1.54, 1.807) is 13.8 Å². The van der Waals surface area contributed by atoms with E-state index in [0.29, 0.717) is 6.61 Å². The molecule has 1 aromatic carbocycles. The van der Waals surface area contributed by atoms with Crippen LogP contribution in [-0.4, -0.2) is 29.8 Å². The first-order chi connectivity index (χ1) is 8.85. The molecular weight excluding hydrogens is 242 g/mol. The highest BCUT2D eigenvalue weighted by molar-refractivity contribution is 5.76. The molecule has 2 N–H and O–H groups in total. The normalized spacial score (nSPS) is 11.2. The van der Waals surface area contributed by atoms with Gasteiger partial charge in [0.05, 0.1) is 25.2 Å². The molecule has 0 spiro atoms. The van der Waals surface area contributed by atoms with Crippen molar-refractivity contribution in [3.05, 3.63) is 29.3 Å². The molecule has 4 heteroatoms. The highest BCUT2D eigenvalue weighted by Gasteiger charge is 2.18. The molecule has 4 nitrogen and oxygen atoms in total. The van der Waals surface area contributed by atoms with Crippen LogP contribution in [0.15, 0.2) is 18.2 Å². The first kappa shape index (κ1) is 15.5. The maximum atomic E-state index is 11.7. The van der Waals surface area contributed by atoms with E-state index >= 15 is 0 Å². The largest absolute Gasteiger partial charge is 0.493 e. The number of amides is 1. The van der Waals surface area contributed by atoms with Gasteiger partial charge in [-0.2, -0.15) is 0 Å². The molecule has 0 radical (unpaired) electrons. The van der Waals surface area contributed by atoms with Gasteiger partial charge in [-0.1, -0.05) is 12.1 Å². The van der Waals surface area contributed by atoms with Crippen molar-refractivity contribution in [1.29, 1.82) is 0 Å². The average Bonchev–Trinajstić information content (AvgIpc) is 2.34. The summed E-state index contributed by atoms with van der Waals surface area (Å²) < 4.78 is 5.61. The van der Waals surface area contributed by atoms with Crippen LogP contribution < -0.4 is 10.1 Å². The highest BCUT2D eigenvalue weighted by Crippen LogP contribution is 2.20. The molecule has 0 saturated carbocycles. The molecule has 0 bridgehead atoms. The number of aryl methyl sites for hydroxylation is 1. The van der Waals surface area contributed by atoms with Crippen LogP contribution in [0.25, 0.3) is 0 Å². The Kier molecular flexibility index (Phi) is 5.36. The number of rotatable bonds is 6. The van der Waals surface area contributed by atoms with Gasteiger partial charge >= 0.3 is 0 Å². The molecule has 1 aromatic rings. The van der Waals surface area contributed by atoms with Crippen molar-refractivity contribution in [3.63, 3.8) is 0 Å². The lowest BCUT2D eigenvalue weighted by molar-refractivity contribution is -0.123. The second-order valence-electron chi connectivity index (χ2n) is 5.39. The number of carbonyl (C=O) groups is 1. The molecule has 19 heavy (non-hydrogen) atoms. The van der Waals surface area contributed by atoms with Crippen LogP contribution in [0.1, 0.15) is 31.4 Å². The molecule has 0 aliphatic carbocycles. The van der Waals surface area contributed by atoms with Gasteiger partial charge in [0.15, 0.2) is 0 Å². The number of aliphatic hydroxyl groups is 1. The number of carbonyl (C=O) groups excluding carboxylic acids is 1. The van der Waals surface area contributed by atoms with Crippen molar-refractivity contribution >= 4 is 5.91 Å². The predicted molar refractivity (Wildman–Crippen MR) is 75.3 cm³/mol. The Morgan fingerprint density at radius 3 is 2.68 bits per heavy atom. The van der Waals surface area contributed by atoms with E-state index in [9.17, 15) is 4.79 Å². The van der Waals surface area contributed by atoms with E-state index in [0.717, 1.165) is 11.3 Å². The van der Waals surface area contributed by atoms with Gasteiger partial charge in [0.25, 0.3) is 0 Å². The lowest BCUT2D eigenvalue weighted by Gasteiger charge is -2.23. The predicted octanol–water partition coefficient (Wildman–Crippen LogP) is 1.96. The van der Waals surface area contributed by atoms with Gasteiger partial charge in [-0.05, 0) is 44.9 Å². The average molecular weight is 265 g/mol. The molecule has 106 valence electrons. The van der Waals surface area contributed by atoms with E-state index in [2.05, 4.69) is 5.32 Å². The Morgan fingerprint density at radius 2 is 2.05 bits per heavy atom. The summed E-state index contributed by atoms with van der Waals surface area (Å²) in [5, 5.41) is 11.8. The first-order valence-corrected chi connectivity index (χ1v) is 6.46. The zero-order valence-electron chi connectivity index (χ0n) is 12.1. The summed E-state index contributed by atoms with van der Waals surface area (Å²) in [6.07, 6.45) is 0.275. The lowest BCUT2D eigenvalue weighted by atomic mass is 10.1. The van der Waals surface area contributed by atoms with Crippen LogP contribution in [-0.2, 0) is 4.79 Å². The zero-order chi connectivity index (χ0) is 14.5. The topological polar surface area (TPSA) is 58.6 Å². The summed E-state index contributed by atoms with van der Waals surface area (Å²) in [6.45, 7) is 7.82. The number of hydrogen-bond donors (Lipinski definition) is 2. The van der Waals surface area contributed by atoms with Crippen LogP contribution in [0.5, 0.6) is 5.75 Å². The zero-order valence-corrected chi connectivity index (χ0v) is 12.1. The molecule has 0 aliphatic heterocycles. The van der Waals surface area contributed by atoms with Crippen LogP contribution in [0.2, 0.25) is 0 Å². The molecule has 0 aromatic heterocycles. The number of ether oxygens (including phenoxy) is 1. The van der Waals surface area contributed by atoms with Gasteiger partial charge in [0, 0.05) is 0 Å². The van der Waals surface area contributed by atoms with E-state index in [-0.39, 0.29) is 18.9 Å². The Bertz CT molecular complexity index is 441. The molecule has 0 fully saturated rings. The van der Waals surface area contributed by atoms with Crippen molar-refractivity contribution in [1.82, 2.24) is 5.32 Å². The monoisotopic (exact) mass is 265 g/mol. The first-order valence-electron chi connectivity index (χ1n) is 6.46. The van der Waals surface area contributed by atoms with Gasteiger partial charge in [0.2, 0.25) is 5.91 Å². The Labute approximate surface area is 114 Å². The number of hydrogen-bond acceptors (Lipinski definition) is 3. The minimum Gasteiger partial charge on any atom is -0.493 e. The van der Waals surface area contributed by atoms with Gasteiger partial charge < -0.3 is 15.2 Å². The quantitative estimate of drug-likeness (QED) is 0.826. The van der Waals surface area contributed by atoms with Crippen LogP contribution in [0.4, 0.5) is 0 Å². The fourth-order valence-electron chi connectivity index (χ4n) is 1.61. The third-order valence-electron chi connectivity index (χ3n) is 3.01. The van der Waals surface area contributed by atoms with E-state index in [1.165, 1.54) is 5.56 Å². The molecule has 0 saturated heterocycles. The number of nitrogens with one attached hydrogen (secondary N) is 1. The van der Waals surface area contributed by atoms with Gasteiger partial charge in [-0.25, -0.2) is 0 Å². The minimum atomic E-state index is -0.587. The third kappa shape index (κ3) is 4.91. The summed E-state index contributed by atoms with van der Waals surface area (Å²) >= 11 is 0. The van der Waals surface area contributed by atoms with Gasteiger partial charge in [0.1, 0.15) is 5.75 Å². The van der Waals surface area contributed by atoms with E-state index in [1.807, 2.05) is 32.0 Å². The molecule has 0 aliphatic rings. The summed E-state index contributed by atoms with van der Waals surface area (Å²) in [5.74, 6) is 0.693. The second-order valence-corrected chi connectivity index (χ2v) is 5.39. The molecular formula is C15H23NO3. The highest BCUT2D eigenvalue weighted by atomic mass is 16.5. The fraction of sp³-hybridized carbons (Fsp3) is 0.533. The summed E-state index contributed by atoms with van der Waals surface area (Å²) in [7, 11) is 0. The maximum Gasteiger partial charge on any atom is 0.223 e. The van der Waals surface area contributed by atoms with Crippen molar-refractivity contribution < 1.29 is 14.6 Å². The molecule has 0 unspecified atom stereocenters. The van der Waals surface area contributed by atoms with Crippen LogP contribution in [0, 0.1) is 13.8 Å². The molecule has 1 rings (SSSR count). The smallest absolute Gasteiger partial charge is 0.223 e. The Morgan fingerprint density at radius 1 is 1.37 bits per heavy atom. The summed E-state index contributed by atoms with van der Waals surface area (Å²) in [5.41, 5.74) is 1.68. The van der Waals surface area contributed by atoms with Crippen molar-refractivity contribution in [2.75, 3.05) is 13.2 Å². The second kappa shape index (κ2) is 6.57. The lowest BCUT2D eigenvalue weighted by Crippen LogP contribution is -2.46. The van der Waals surface area contributed by atoms with E-state index in [4.69, 9.17) is 9.84 Å². The number of benzene rings is 1. The van der Waals surface area contributed by atoms with Crippen molar-refractivity contribution in [2.45, 2.75) is 39.7 Å². The maximum absolute atomic E-state index is 11.7. The Hall–Kier alpha value is -1.55. The SMILES string of the molecule is Cc1cccc(OCCC(=O)NC(C)(C)CO)c1C. The molecule has 0 atom stereocenters.